The van der Waals surface area contributed by atoms with Crippen molar-refractivity contribution in [3.63, 3.8) is 0 Å². The van der Waals surface area contributed by atoms with Crippen LogP contribution in [0.4, 0.5) is 5.69 Å². The van der Waals surface area contributed by atoms with E-state index in [-0.39, 0.29) is 12.3 Å². The van der Waals surface area contributed by atoms with Gasteiger partial charge in [-0.05, 0) is 24.3 Å². The fraction of sp³-hybridized carbons (Fsp3) is 0.333. The van der Waals surface area contributed by atoms with E-state index in [9.17, 15) is 9.59 Å². The Labute approximate surface area is 114 Å². The van der Waals surface area contributed by atoms with Gasteiger partial charge in [-0.3, -0.25) is 9.59 Å². The van der Waals surface area contributed by atoms with Crippen LogP contribution in [-0.4, -0.2) is 32.2 Å². The molecule has 1 aromatic rings. The van der Waals surface area contributed by atoms with Crippen LogP contribution in [0.3, 0.4) is 0 Å². The molecule has 0 spiro atoms. The Morgan fingerprint density at radius 1 is 1.28 bits per heavy atom. The van der Waals surface area contributed by atoms with Crippen molar-refractivity contribution in [3.8, 4) is 0 Å². The minimum absolute atomic E-state index is 0.116. The fourth-order valence-electron chi connectivity index (χ4n) is 1.27. The van der Waals surface area contributed by atoms with Crippen LogP contribution in [0.5, 0.6) is 0 Å². The van der Waals surface area contributed by atoms with Crippen molar-refractivity contribution in [2.45, 2.75) is 12.5 Å². The first kappa shape index (κ1) is 14.7. The molecule has 0 aliphatic rings. The van der Waals surface area contributed by atoms with Crippen LogP contribution in [-0.2, 0) is 19.1 Å². The van der Waals surface area contributed by atoms with Gasteiger partial charge >= 0.3 is 5.97 Å². The highest BCUT2D eigenvalue weighted by Crippen LogP contribution is 2.15. The first-order valence-corrected chi connectivity index (χ1v) is 6.02. The van der Waals surface area contributed by atoms with Crippen LogP contribution in [0, 0.1) is 0 Å². The number of anilines is 1. The van der Waals surface area contributed by atoms with E-state index in [1.165, 1.54) is 14.2 Å². The van der Waals surface area contributed by atoms with Gasteiger partial charge < -0.3 is 14.8 Å². The predicted molar refractivity (Wildman–Crippen MR) is 70.2 cm³/mol. The Bertz CT molecular complexity index is 419. The van der Waals surface area contributed by atoms with Crippen molar-refractivity contribution < 1.29 is 19.1 Å². The maximum atomic E-state index is 11.8. The van der Waals surface area contributed by atoms with Crippen molar-refractivity contribution in [1.29, 1.82) is 0 Å². The third-order valence-corrected chi connectivity index (χ3v) is 2.80. The molecule has 0 aliphatic carbocycles. The van der Waals surface area contributed by atoms with Gasteiger partial charge in [-0.1, -0.05) is 15.9 Å². The molecule has 0 aromatic heterocycles. The summed E-state index contributed by atoms with van der Waals surface area (Å²) in [7, 11) is 2.64. The maximum absolute atomic E-state index is 11.8. The number of ether oxygens (including phenoxy) is 2. The van der Waals surface area contributed by atoms with E-state index in [1.807, 2.05) is 0 Å². The zero-order valence-electron chi connectivity index (χ0n) is 10.1. The molecule has 0 fully saturated rings. The lowest BCUT2D eigenvalue weighted by Gasteiger charge is -2.14. The van der Waals surface area contributed by atoms with E-state index in [4.69, 9.17) is 4.74 Å². The summed E-state index contributed by atoms with van der Waals surface area (Å²) in [6, 6.07) is 7.09. The monoisotopic (exact) mass is 315 g/mol. The number of esters is 1. The van der Waals surface area contributed by atoms with Crippen LogP contribution in [0.1, 0.15) is 6.42 Å². The summed E-state index contributed by atoms with van der Waals surface area (Å²) in [4.78, 5) is 22.9. The van der Waals surface area contributed by atoms with Crippen molar-refractivity contribution in [1.82, 2.24) is 0 Å². The second-order valence-corrected chi connectivity index (χ2v) is 4.42. The highest BCUT2D eigenvalue weighted by atomic mass is 79.9. The molecule has 1 rings (SSSR count). The van der Waals surface area contributed by atoms with Crippen molar-refractivity contribution in [2.75, 3.05) is 19.5 Å². The Morgan fingerprint density at radius 2 is 1.89 bits per heavy atom. The summed E-state index contributed by atoms with van der Waals surface area (Å²) >= 11 is 3.30. The fourth-order valence-corrected chi connectivity index (χ4v) is 1.54. The summed E-state index contributed by atoms with van der Waals surface area (Å²) in [5.41, 5.74) is 0.634. The minimum atomic E-state index is -0.860. The van der Waals surface area contributed by atoms with E-state index in [1.54, 1.807) is 24.3 Å². The van der Waals surface area contributed by atoms with Crippen molar-refractivity contribution in [3.05, 3.63) is 28.7 Å². The smallest absolute Gasteiger partial charge is 0.308 e. The maximum Gasteiger partial charge on any atom is 0.308 e. The Kier molecular flexibility index (Phi) is 5.80. The summed E-state index contributed by atoms with van der Waals surface area (Å²) in [5, 5.41) is 2.66. The summed E-state index contributed by atoms with van der Waals surface area (Å²) in [6.45, 7) is 0. The molecule has 0 radical (unpaired) electrons. The van der Waals surface area contributed by atoms with Gasteiger partial charge in [0.15, 0.2) is 0 Å². The number of halogens is 1. The molecule has 0 aliphatic heterocycles. The number of amides is 1. The first-order valence-electron chi connectivity index (χ1n) is 5.23. The summed E-state index contributed by atoms with van der Waals surface area (Å²) < 4.78 is 10.4. The molecule has 0 bridgehead atoms. The largest absolute Gasteiger partial charge is 0.469 e. The zero-order chi connectivity index (χ0) is 13.5. The molecule has 1 amide bonds. The number of nitrogens with one attached hydrogen (secondary N) is 1. The number of methoxy groups -OCH3 is 2. The van der Waals surface area contributed by atoms with E-state index in [2.05, 4.69) is 26.0 Å². The number of rotatable bonds is 5. The van der Waals surface area contributed by atoms with Crippen LogP contribution >= 0.6 is 15.9 Å². The predicted octanol–water partition coefficient (Wildman–Crippen LogP) is 1.97. The standard InChI is InChI=1S/C12H14BrNO4/c1-17-10(7-11(15)18-2)12(16)14-9-5-3-8(13)4-6-9/h3-6,10H,7H2,1-2H3,(H,14,16). The second kappa shape index (κ2) is 7.13. The molecule has 0 heterocycles. The molecule has 18 heavy (non-hydrogen) atoms. The minimum Gasteiger partial charge on any atom is -0.469 e. The molecule has 0 saturated heterocycles. The summed E-state index contributed by atoms with van der Waals surface area (Å²) in [6.07, 6.45) is -0.976. The van der Waals surface area contributed by atoms with Crippen molar-refractivity contribution >= 4 is 33.5 Å². The molecule has 98 valence electrons. The number of carbonyl (C=O) groups is 2. The van der Waals surface area contributed by atoms with Gasteiger partial charge in [0.05, 0.1) is 13.5 Å². The Morgan fingerprint density at radius 3 is 2.39 bits per heavy atom. The van der Waals surface area contributed by atoms with Gasteiger partial charge in [-0.2, -0.15) is 0 Å². The number of hydrogen-bond acceptors (Lipinski definition) is 4. The lowest BCUT2D eigenvalue weighted by atomic mass is 10.2. The normalized spacial score (nSPS) is 11.7. The van der Waals surface area contributed by atoms with Gasteiger partial charge in [-0.25, -0.2) is 0 Å². The van der Waals surface area contributed by atoms with Gasteiger partial charge in [0.25, 0.3) is 5.91 Å². The molecular weight excluding hydrogens is 302 g/mol. The molecule has 1 unspecified atom stereocenters. The Balaban J connectivity index is 2.62. The molecule has 6 heteroatoms. The average Bonchev–Trinajstić information content (AvgIpc) is 2.38. The lowest BCUT2D eigenvalue weighted by Crippen LogP contribution is -2.32. The van der Waals surface area contributed by atoms with E-state index in [0.717, 1.165) is 4.47 Å². The van der Waals surface area contributed by atoms with Gasteiger partial charge in [0.1, 0.15) is 6.10 Å². The van der Waals surface area contributed by atoms with Crippen LogP contribution < -0.4 is 5.32 Å². The molecule has 1 aromatic carbocycles. The van der Waals surface area contributed by atoms with Gasteiger partial charge in [-0.15, -0.1) is 0 Å². The van der Waals surface area contributed by atoms with Crippen molar-refractivity contribution in [2.24, 2.45) is 0 Å². The average molecular weight is 316 g/mol. The van der Waals surface area contributed by atoms with Crippen LogP contribution in [0.15, 0.2) is 28.7 Å². The SMILES string of the molecule is COC(=O)CC(OC)C(=O)Nc1ccc(Br)cc1. The van der Waals surface area contributed by atoms with Crippen LogP contribution in [0.25, 0.3) is 0 Å². The Hall–Kier alpha value is -1.40. The third kappa shape index (κ3) is 4.46. The molecular formula is C12H14BrNO4. The number of hydrogen-bond donors (Lipinski definition) is 1. The van der Waals surface area contributed by atoms with Gasteiger partial charge in [0.2, 0.25) is 0 Å². The zero-order valence-corrected chi connectivity index (χ0v) is 11.7. The lowest BCUT2D eigenvalue weighted by molar-refractivity contribution is -0.146. The first-order chi connectivity index (χ1) is 8.56. The quantitative estimate of drug-likeness (QED) is 0.844. The van der Waals surface area contributed by atoms with Gasteiger partial charge in [0, 0.05) is 17.3 Å². The highest BCUT2D eigenvalue weighted by molar-refractivity contribution is 9.10. The molecule has 5 nitrogen and oxygen atoms in total. The summed E-state index contributed by atoms with van der Waals surface area (Å²) in [5.74, 6) is -0.877. The molecule has 0 saturated carbocycles. The third-order valence-electron chi connectivity index (χ3n) is 2.27. The molecule has 1 atom stereocenters. The van der Waals surface area contributed by atoms with Crippen LogP contribution in [0.2, 0.25) is 0 Å². The van der Waals surface area contributed by atoms with E-state index in [0.29, 0.717) is 5.69 Å². The van der Waals surface area contributed by atoms with E-state index < -0.39 is 12.1 Å². The highest BCUT2D eigenvalue weighted by Gasteiger charge is 2.21. The topological polar surface area (TPSA) is 64.6 Å². The van der Waals surface area contributed by atoms with E-state index >= 15 is 0 Å². The second-order valence-electron chi connectivity index (χ2n) is 3.50. The number of carbonyl (C=O) groups excluding carboxylic acids is 2. The number of benzene rings is 1. The molecule has 1 N–H and O–H groups in total.